The number of halogens is 1. The quantitative estimate of drug-likeness (QED) is 0.920. The van der Waals surface area contributed by atoms with Crippen LogP contribution in [0.5, 0.6) is 0 Å². The van der Waals surface area contributed by atoms with Gasteiger partial charge < -0.3 is 10.0 Å². The third kappa shape index (κ3) is 3.20. The minimum atomic E-state index is -0.823. The van der Waals surface area contributed by atoms with Crippen molar-refractivity contribution in [3.63, 3.8) is 0 Å². The van der Waals surface area contributed by atoms with Gasteiger partial charge in [-0.05, 0) is 31.4 Å². The molecule has 0 aromatic heterocycles. The molecule has 1 fully saturated rings. The van der Waals surface area contributed by atoms with Crippen LogP contribution in [0.15, 0.2) is 28.7 Å². The lowest BCUT2D eigenvalue weighted by molar-refractivity contribution is -0.153. The molecule has 0 radical (unpaired) electrons. The van der Waals surface area contributed by atoms with Crippen LogP contribution in [0.4, 0.5) is 0 Å². The SMILES string of the molecule is CC1(C(=O)O)CCCN(C(=O)Cc2ccccc2Br)C1. The number of likely N-dealkylation sites (tertiary alicyclic amines) is 1. The lowest BCUT2D eigenvalue weighted by Crippen LogP contribution is -2.48. The van der Waals surface area contributed by atoms with E-state index in [2.05, 4.69) is 15.9 Å². The summed E-state index contributed by atoms with van der Waals surface area (Å²) in [6, 6.07) is 7.61. The molecule has 1 aromatic carbocycles. The number of hydrogen-bond donors (Lipinski definition) is 1. The molecule has 0 aliphatic carbocycles. The number of piperidine rings is 1. The molecule has 2 rings (SSSR count). The molecule has 1 N–H and O–H groups in total. The van der Waals surface area contributed by atoms with Crippen molar-refractivity contribution in [1.82, 2.24) is 4.90 Å². The van der Waals surface area contributed by atoms with E-state index in [0.29, 0.717) is 25.9 Å². The zero-order valence-electron chi connectivity index (χ0n) is 11.4. The summed E-state index contributed by atoms with van der Waals surface area (Å²) in [5.74, 6) is -0.833. The fraction of sp³-hybridized carbons (Fsp3) is 0.467. The van der Waals surface area contributed by atoms with Gasteiger partial charge in [0.1, 0.15) is 0 Å². The van der Waals surface area contributed by atoms with E-state index < -0.39 is 11.4 Å². The topological polar surface area (TPSA) is 57.6 Å². The van der Waals surface area contributed by atoms with E-state index in [4.69, 9.17) is 0 Å². The van der Waals surface area contributed by atoms with Crippen LogP contribution in [-0.2, 0) is 16.0 Å². The second-order valence-corrected chi connectivity index (χ2v) is 6.41. The molecular weight excluding hydrogens is 322 g/mol. The van der Waals surface area contributed by atoms with E-state index in [1.807, 2.05) is 24.3 Å². The lowest BCUT2D eigenvalue weighted by atomic mass is 9.82. The zero-order valence-corrected chi connectivity index (χ0v) is 13.0. The summed E-state index contributed by atoms with van der Waals surface area (Å²) in [7, 11) is 0. The van der Waals surface area contributed by atoms with E-state index in [1.54, 1.807) is 11.8 Å². The molecule has 1 atom stereocenters. The van der Waals surface area contributed by atoms with Crippen LogP contribution in [0.25, 0.3) is 0 Å². The van der Waals surface area contributed by atoms with Gasteiger partial charge in [0.05, 0.1) is 11.8 Å². The summed E-state index contributed by atoms with van der Waals surface area (Å²) >= 11 is 3.43. The number of benzene rings is 1. The summed E-state index contributed by atoms with van der Waals surface area (Å²) in [4.78, 5) is 25.3. The maximum absolute atomic E-state index is 12.3. The van der Waals surface area contributed by atoms with Crippen LogP contribution in [0.2, 0.25) is 0 Å². The van der Waals surface area contributed by atoms with E-state index in [1.165, 1.54) is 0 Å². The smallest absolute Gasteiger partial charge is 0.311 e. The number of rotatable bonds is 3. The van der Waals surface area contributed by atoms with Crippen molar-refractivity contribution in [2.45, 2.75) is 26.2 Å². The Morgan fingerprint density at radius 3 is 2.75 bits per heavy atom. The van der Waals surface area contributed by atoms with Crippen LogP contribution in [0.1, 0.15) is 25.3 Å². The number of carbonyl (C=O) groups excluding carboxylic acids is 1. The Balaban J connectivity index is 2.06. The Kier molecular flexibility index (Phi) is 4.48. The van der Waals surface area contributed by atoms with E-state index in [-0.39, 0.29) is 5.91 Å². The molecule has 1 heterocycles. The van der Waals surface area contributed by atoms with Crippen molar-refractivity contribution >= 4 is 27.8 Å². The van der Waals surface area contributed by atoms with Crippen LogP contribution in [-0.4, -0.2) is 35.0 Å². The van der Waals surface area contributed by atoms with Gasteiger partial charge in [0.15, 0.2) is 0 Å². The van der Waals surface area contributed by atoms with E-state index in [9.17, 15) is 14.7 Å². The van der Waals surface area contributed by atoms with Crippen molar-refractivity contribution in [1.29, 1.82) is 0 Å². The molecule has 20 heavy (non-hydrogen) atoms. The zero-order chi connectivity index (χ0) is 14.8. The van der Waals surface area contributed by atoms with Gasteiger partial charge in [-0.3, -0.25) is 9.59 Å². The maximum atomic E-state index is 12.3. The first kappa shape index (κ1) is 15.0. The average Bonchev–Trinajstić information content (AvgIpc) is 2.41. The van der Waals surface area contributed by atoms with Crippen molar-refractivity contribution < 1.29 is 14.7 Å². The first-order valence-electron chi connectivity index (χ1n) is 6.67. The van der Waals surface area contributed by atoms with E-state index in [0.717, 1.165) is 16.5 Å². The van der Waals surface area contributed by atoms with Crippen molar-refractivity contribution in [3.8, 4) is 0 Å². The van der Waals surface area contributed by atoms with Crippen LogP contribution >= 0.6 is 15.9 Å². The number of nitrogens with zero attached hydrogens (tertiary/aromatic N) is 1. The number of aliphatic carboxylic acids is 1. The lowest BCUT2D eigenvalue weighted by Gasteiger charge is -2.37. The van der Waals surface area contributed by atoms with Crippen LogP contribution in [0, 0.1) is 5.41 Å². The summed E-state index contributed by atoms with van der Waals surface area (Å²) < 4.78 is 0.909. The average molecular weight is 340 g/mol. The number of carbonyl (C=O) groups is 2. The van der Waals surface area contributed by atoms with Gasteiger partial charge in [0.25, 0.3) is 0 Å². The highest BCUT2D eigenvalue weighted by molar-refractivity contribution is 9.10. The monoisotopic (exact) mass is 339 g/mol. The highest BCUT2D eigenvalue weighted by Gasteiger charge is 2.39. The summed E-state index contributed by atoms with van der Waals surface area (Å²) in [6.07, 6.45) is 1.67. The van der Waals surface area contributed by atoms with Gasteiger partial charge in [0, 0.05) is 17.6 Å². The maximum Gasteiger partial charge on any atom is 0.311 e. The predicted molar refractivity (Wildman–Crippen MR) is 79.4 cm³/mol. The summed E-state index contributed by atoms with van der Waals surface area (Å²) in [5, 5.41) is 9.29. The third-order valence-corrected chi connectivity index (χ3v) is 4.64. The second kappa shape index (κ2) is 5.95. The first-order chi connectivity index (χ1) is 9.42. The fourth-order valence-electron chi connectivity index (χ4n) is 2.54. The van der Waals surface area contributed by atoms with Crippen molar-refractivity contribution in [2.24, 2.45) is 5.41 Å². The number of hydrogen-bond acceptors (Lipinski definition) is 2. The Morgan fingerprint density at radius 1 is 1.40 bits per heavy atom. The van der Waals surface area contributed by atoms with Gasteiger partial charge in [0.2, 0.25) is 5.91 Å². The minimum Gasteiger partial charge on any atom is -0.481 e. The first-order valence-corrected chi connectivity index (χ1v) is 7.46. The largest absolute Gasteiger partial charge is 0.481 e. The Morgan fingerprint density at radius 2 is 2.10 bits per heavy atom. The highest BCUT2D eigenvalue weighted by Crippen LogP contribution is 2.30. The van der Waals surface area contributed by atoms with Gasteiger partial charge in [-0.1, -0.05) is 34.1 Å². The molecular formula is C15H18BrNO3. The Bertz CT molecular complexity index is 532. The summed E-state index contributed by atoms with van der Waals surface area (Å²) in [5.41, 5.74) is 0.113. The van der Waals surface area contributed by atoms with Crippen LogP contribution in [0.3, 0.4) is 0 Å². The second-order valence-electron chi connectivity index (χ2n) is 5.55. The molecule has 0 spiro atoms. The molecule has 5 heteroatoms. The van der Waals surface area contributed by atoms with Crippen LogP contribution < -0.4 is 0 Å². The summed E-state index contributed by atoms with van der Waals surface area (Å²) in [6.45, 7) is 2.66. The predicted octanol–water partition coefficient (Wildman–Crippen LogP) is 2.70. The molecule has 1 aliphatic heterocycles. The Hall–Kier alpha value is -1.36. The number of carboxylic acid groups (broad SMARTS) is 1. The molecule has 1 aromatic rings. The van der Waals surface area contributed by atoms with Gasteiger partial charge >= 0.3 is 5.97 Å². The Labute approximate surface area is 126 Å². The molecule has 1 saturated heterocycles. The standard InChI is InChI=1S/C15H18BrNO3/c1-15(14(19)20)7-4-8-17(10-15)13(18)9-11-5-2-3-6-12(11)16/h2-3,5-6H,4,7-10H2,1H3,(H,19,20). The molecule has 0 bridgehead atoms. The van der Waals surface area contributed by atoms with E-state index >= 15 is 0 Å². The van der Waals surface area contributed by atoms with Crippen molar-refractivity contribution in [3.05, 3.63) is 34.3 Å². The molecule has 1 amide bonds. The molecule has 1 aliphatic rings. The number of carboxylic acids is 1. The van der Waals surface area contributed by atoms with Crippen molar-refractivity contribution in [2.75, 3.05) is 13.1 Å². The molecule has 108 valence electrons. The molecule has 1 unspecified atom stereocenters. The van der Waals surface area contributed by atoms with Gasteiger partial charge in [-0.2, -0.15) is 0 Å². The highest BCUT2D eigenvalue weighted by atomic mass is 79.9. The molecule has 0 saturated carbocycles. The number of amides is 1. The van der Waals surface area contributed by atoms with Gasteiger partial charge in [-0.15, -0.1) is 0 Å². The normalized spacial score (nSPS) is 22.6. The third-order valence-electron chi connectivity index (χ3n) is 3.86. The molecule has 4 nitrogen and oxygen atoms in total. The minimum absolute atomic E-state index is 0.0101. The fourth-order valence-corrected chi connectivity index (χ4v) is 2.97. The van der Waals surface area contributed by atoms with Gasteiger partial charge in [-0.25, -0.2) is 0 Å².